The summed E-state index contributed by atoms with van der Waals surface area (Å²) in [6.07, 6.45) is 0.132. The predicted molar refractivity (Wildman–Crippen MR) is 96.0 cm³/mol. The molecule has 6 nitrogen and oxygen atoms in total. The highest BCUT2D eigenvalue weighted by Crippen LogP contribution is 2.19. The van der Waals surface area contributed by atoms with Crippen LogP contribution in [0.1, 0.15) is 23.6 Å². The molecule has 2 aromatic rings. The Morgan fingerprint density at radius 3 is 2.52 bits per heavy atom. The minimum Gasteiger partial charge on any atom is -0.497 e. The molecule has 0 aromatic heterocycles. The third-order valence-electron chi connectivity index (χ3n) is 3.88. The van der Waals surface area contributed by atoms with Crippen LogP contribution >= 0.6 is 0 Å². The van der Waals surface area contributed by atoms with Gasteiger partial charge in [-0.05, 0) is 23.3 Å². The SMILES string of the molecule is COc1cccc(CN(C)C(=O)C[C@H](NC(N)=O)c2ccccc2)c1. The summed E-state index contributed by atoms with van der Waals surface area (Å²) < 4.78 is 5.20. The molecule has 0 bridgehead atoms. The summed E-state index contributed by atoms with van der Waals surface area (Å²) in [5, 5.41) is 2.64. The number of rotatable bonds is 7. The van der Waals surface area contributed by atoms with E-state index in [1.54, 1.807) is 19.1 Å². The number of urea groups is 1. The second kappa shape index (κ2) is 8.73. The lowest BCUT2D eigenvalue weighted by atomic mass is 10.0. The summed E-state index contributed by atoms with van der Waals surface area (Å²) in [5.41, 5.74) is 7.05. The minimum absolute atomic E-state index is 0.0922. The van der Waals surface area contributed by atoms with Crippen LogP contribution in [0.25, 0.3) is 0 Å². The van der Waals surface area contributed by atoms with Gasteiger partial charge < -0.3 is 20.7 Å². The first-order valence-electron chi connectivity index (χ1n) is 7.97. The number of nitrogens with zero attached hydrogens (tertiary/aromatic N) is 1. The van der Waals surface area contributed by atoms with Crippen LogP contribution in [0.15, 0.2) is 54.6 Å². The number of hydrogen-bond acceptors (Lipinski definition) is 3. The summed E-state index contributed by atoms with van der Waals surface area (Å²) in [5.74, 6) is 0.654. The van der Waals surface area contributed by atoms with Crippen molar-refractivity contribution < 1.29 is 14.3 Å². The molecule has 0 heterocycles. The highest BCUT2D eigenvalue weighted by Gasteiger charge is 2.20. The van der Waals surface area contributed by atoms with Gasteiger partial charge in [0.15, 0.2) is 0 Å². The number of methoxy groups -OCH3 is 1. The Morgan fingerprint density at radius 2 is 1.88 bits per heavy atom. The maximum Gasteiger partial charge on any atom is 0.312 e. The van der Waals surface area contributed by atoms with Crippen LogP contribution in [-0.2, 0) is 11.3 Å². The van der Waals surface area contributed by atoms with Crippen LogP contribution in [-0.4, -0.2) is 31.0 Å². The molecule has 1 atom stereocenters. The molecule has 25 heavy (non-hydrogen) atoms. The zero-order valence-electron chi connectivity index (χ0n) is 14.4. The van der Waals surface area contributed by atoms with E-state index < -0.39 is 12.1 Å². The van der Waals surface area contributed by atoms with Gasteiger partial charge in [0.05, 0.1) is 19.6 Å². The van der Waals surface area contributed by atoms with Crippen LogP contribution in [0, 0.1) is 0 Å². The van der Waals surface area contributed by atoms with Crippen molar-refractivity contribution in [3.63, 3.8) is 0 Å². The van der Waals surface area contributed by atoms with Crippen molar-refractivity contribution in [2.75, 3.05) is 14.2 Å². The first-order valence-corrected chi connectivity index (χ1v) is 7.97. The molecule has 3 amide bonds. The number of nitrogens with one attached hydrogen (secondary N) is 1. The van der Waals surface area contributed by atoms with Crippen LogP contribution in [0.4, 0.5) is 4.79 Å². The molecule has 0 unspecified atom stereocenters. The topological polar surface area (TPSA) is 84.7 Å². The van der Waals surface area contributed by atoms with Gasteiger partial charge in [0, 0.05) is 13.6 Å². The Morgan fingerprint density at radius 1 is 1.16 bits per heavy atom. The van der Waals surface area contributed by atoms with E-state index in [9.17, 15) is 9.59 Å². The van der Waals surface area contributed by atoms with Crippen LogP contribution < -0.4 is 15.8 Å². The van der Waals surface area contributed by atoms with Gasteiger partial charge in [0.1, 0.15) is 5.75 Å². The number of hydrogen-bond donors (Lipinski definition) is 2. The van der Waals surface area contributed by atoms with Crippen molar-refractivity contribution in [3.05, 3.63) is 65.7 Å². The fourth-order valence-corrected chi connectivity index (χ4v) is 2.57. The van der Waals surface area contributed by atoms with Crippen LogP contribution in [0.3, 0.4) is 0 Å². The van der Waals surface area contributed by atoms with Crippen LogP contribution in [0.5, 0.6) is 5.75 Å². The highest BCUT2D eigenvalue weighted by molar-refractivity contribution is 5.78. The zero-order chi connectivity index (χ0) is 18.2. The minimum atomic E-state index is -0.655. The lowest BCUT2D eigenvalue weighted by molar-refractivity contribution is -0.130. The van der Waals surface area contributed by atoms with Crippen molar-refractivity contribution in [1.29, 1.82) is 0 Å². The molecule has 0 radical (unpaired) electrons. The van der Waals surface area contributed by atoms with Gasteiger partial charge >= 0.3 is 6.03 Å². The highest BCUT2D eigenvalue weighted by atomic mass is 16.5. The normalized spacial score (nSPS) is 11.4. The van der Waals surface area contributed by atoms with Gasteiger partial charge in [0.25, 0.3) is 0 Å². The van der Waals surface area contributed by atoms with Crippen molar-refractivity contribution in [3.8, 4) is 5.75 Å². The van der Waals surface area contributed by atoms with Crippen LogP contribution in [0.2, 0.25) is 0 Å². The van der Waals surface area contributed by atoms with Gasteiger partial charge in [0.2, 0.25) is 5.91 Å². The number of ether oxygens (including phenoxy) is 1. The molecule has 0 saturated heterocycles. The monoisotopic (exact) mass is 341 g/mol. The second-order valence-electron chi connectivity index (χ2n) is 5.78. The maximum atomic E-state index is 12.6. The van der Waals surface area contributed by atoms with Crippen molar-refractivity contribution >= 4 is 11.9 Å². The maximum absolute atomic E-state index is 12.6. The summed E-state index contributed by atoms with van der Waals surface area (Å²) >= 11 is 0. The third-order valence-corrected chi connectivity index (χ3v) is 3.88. The second-order valence-corrected chi connectivity index (χ2v) is 5.78. The molecular formula is C19H23N3O3. The Bertz CT molecular complexity index is 719. The lowest BCUT2D eigenvalue weighted by Gasteiger charge is -2.22. The molecule has 0 aliphatic carbocycles. The molecule has 0 aliphatic heterocycles. The summed E-state index contributed by atoms with van der Waals surface area (Å²) in [6.45, 7) is 0.452. The first kappa shape index (κ1) is 18.3. The largest absolute Gasteiger partial charge is 0.497 e. The molecular weight excluding hydrogens is 318 g/mol. The Kier molecular flexibility index (Phi) is 6.39. The van der Waals surface area contributed by atoms with E-state index in [2.05, 4.69) is 5.32 Å². The Balaban J connectivity index is 2.05. The summed E-state index contributed by atoms with van der Waals surface area (Å²) in [4.78, 5) is 25.5. The number of nitrogens with two attached hydrogens (primary N) is 1. The molecule has 6 heteroatoms. The zero-order valence-corrected chi connectivity index (χ0v) is 14.4. The van der Waals surface area contributed by atoms with Gasteiger partial charge in [-0.1, -0.05) is 42.5 Å². The molecule has 0 fully saturated rings. The molecule has 3 N–H and O–H groups in total. The lowest BCUT2D eigenvalue weighted by Crippen LogP contribution is -2.37. The molecule has 0 saturated carbocycles. The van der Waals surface area contributed by atoms with E-state index in [1.807, 2.05) is 54.6 Å². The molecule has 132 valence electrons. The van der Waals surface area contributed by atoms with E-state index >= 15 is 0 Å². The standard InChI is InChI=1S/C19H23N3O3/c1-22(13-14-7-6-10-16(11-14)25-2)18(23)12-17(21-19(20)24)15-8-4-3-5-9-15/h3-11,17H,12-13H2,1-2H3,(H3,20,21,24)/t17-/m0/s1. The van der Waals surface area contributed by atoms with E-state index in [-0.39, 0.29) is 12.3 Å². The summed E-state index contributed by atoms with van der Waals surface area (Å²) in [7, 11) is 3.34. The quantitative estimate of drug-likeness (QED) is 0.811. The van der Waals surface area contributed by atoms with Gasteiger partial charge in [-0.2, -0.15) is 0 Å². The smallest absolute Gasteiger partial charge is 0.312 e. The average Bonchev–Trinajstić information content (AvgIpc) is 2.61. The molecule has 2 aromatic carbocycles. The number of amides is 3. The van der Waals surface area contributed by atoms with Gasteiger partial charge in [-0.25, -0.2) is 4.79 Å². The fourth-order valence-electron chi connectivity index (χ4n) is 2.57. The Hall–Kier alpha value is -3.02. The number of carbonyl (C=O) groups excluding carboxylic acids is 2. The van der Waals surface area contributed by atoms with Gasteiger partial charge in [-0.15, -0.1) is 0 Å². The first-order chi connectivity index (χ1) is 12.0. The average molecular weight is 341 g/mol. The van der Waals surface area contributed by atoms with E-state index in [0.717, 1.165) is 16.9 Å². The van der Waals surface area contributed by atoms with E-state index in [0.29, 0.717) is 6.54 Å². The Labute approximate surface area is 147 Å². The third kappa shape index (κ3) is 5.53. The van der Waals surface area contributed by atoms with Crippen molar-refractivity contribution in [1.82, 2.24) is 10.2 Å². The van der Waals surface area contributed by atoms with Crippen molar-refractivity contribution in [2.45, 2.75) is 19.0 Å². The number of benzene rings is 2. The molecule has 0 aliphatic rings. The molecule has 2 rings (SSSR count). The fraction of sp³-hybridized carbons (Fsp3) is 0.263. The van der Waals surface area contributed by atoms with Gasteiger partial charge in [-0.3, -0.25) is 4.79 Å². The predicted octanol–water partition coefficient (Wildman–Crippen LogP) is 2.45. The number of primary amides is 1. The van der Waals surface area contributed by atoms with E-state index in [1.165, 1.54) is 0 Å². The van der Waals surface area contributed by atoms with E-state index in [4.69, 9.17) is 10.5 Å². The summed E-state index contributed by atoms with van der Waals surface area (Å²) in [6, 6.07) is 15.7. The molecule has 0 spiro atoms. The number of carbonyl (C=O) groups is 2. The van der Waals surface area contributed by atoms with Crippen molar-refractivity contribution in [2.24, 2.45) is 5.73 Å².